The Kier molecular flexibility index (Phi) is 11.5. The number of unbranched alkanes of at least 4 members (excludes halogenated alkanes) is 4. The summed E-state index contributed by atoms with van der Waals surface area (Å²) in [5.41, 5.74) is 3.99. The van der Waals surface area contributed by atoms with E-state index in [1.54, 1.807) is 24.3 Å². The van der Waals surface area contributed by atoms with E-state index in [2.05, 4.69) is 42.3 Å². The molecular weight excluding hydrogens is 570 g/mol. The van der Waals surface area contributed by atoms with Gasteiger partial charge < -0.3 is 18.8 Å². The number of carbonyl (C=O) groups excluding carboxylic acids is 1. The van der Waals surface area contributed by atoms with Crippen LogP contribution in [0.15, 0.2) is 108 Å². The molecule has 0 fully saturated rings. The largest absolute Gasteiger partial charge is 0.494 e. The number of carbonyl (C=O) groups is 1. The molecule has 5 rings (SSSR count). The number of furan rings is 1. The van der Waals surface area contributed by atoms with Crippen molar-refractivity contribution in [1.29, 1.82) is 0 Å². The number of benzene rings is 4. The van der Waals surface area contributed by atoms with Gasteiger partial charge in [0.2, 0.25) is 0 Å². The lowest BCUT2D eigenvalue weighted by Crippen LogP contribution is -2.18. The van der Waals surface area contributed by atoms with Crippen molar-refractivity contribution in [3.8, 4) is 22.8 Å². The molecule has 4 aromatic carbocycles. The summed E-state index contributed by atoms with van der Waals surface area (Å²) in [6.07, 6.45) is 5.85. The number of para-hydroxylation sites is 1. The molecule has 0 radical (unpaired) electrons. The molecule has 0 amide bonds. The number of hydrogen-bond donors (Lipinski definition) is 0. The van der Waals surface area contributed by atoms with Crippen molar-refractivity contribution in [3.05, 3.63) is 120 Å². The minimum atomic E-state index is -0.1000. The number of nitrogens with zero attached hydrogens (tertiary/aromatic N) is 1. The predicted molar refractivity (Wildman–Crippen MR) is 179 cm³/mol. The van der Waals surface area contributed by atoms with Gasteiger partial charge in [-0.3, -0.25) is 4.79 Å². The van der Waals surface area contributed by atoms with E-state index < -0.39 is 0 Å². The van der Waals surface area contributed by atoms with Crippen LogP contribution in [0, 0.1) is 0 Å². The summed E-state index contributed by atoms with van der Waals surface area (Å²) < 4.78 is 17.8. The third kappa shape index (κ3) is 8.52. The lowest BCUT2D eigenvalue weighted by atomic mass is 9.97. The SMILES string of the molecule is CN(CCCCCCCOc1ccc(-c2oc3ccccc3c2C(=O)c2ccc(OCCCl)cc2)cc1)Cc1ccccc1. The van der Waals surface area contributed by atoms with Crippen LogP contribution in [0.5, 0.6) is 11.5 Å². The van der Waals surface area contributed by atoms with Gasteiger partial charge in [0.05, 0.1) is 18.1 Å². The summed E-state index contributed by atoms with van der Waals surface area (Å²) in [5.74, 6) is 2.35. The number of rotatable bonds is 17. The zero-order valence-corrected chi connectivity index (χ0v) is 26.1. The first-order valence-electron chi connectivity index (χ1n) is 15.4. The summed E-state index contributed by atoms with van der Waals surface area (Å²) in [6.45, 7) is 3.22. The van der Waals surface area contributed by atoms with Crippen molar-refractivity contribution in [2.45, 2.75) is 38.6 Å². The Hall–Kier alpha value is -4.06. The van der Waals surface area contributed by atoms with Crippen LogP contribution in [0.2, 0.25) is 0 Å². The second-order valence-corrected chi connectivity index (χ2v) is 11.4. The number of hydrogen-bond acceptors (Lipinski definition) is 5. The fourth-order valence-corrected chi connectivity index (χ4v) is 5.44. The second kappa shape index (κ2) is 16.1. The standard InChI is InChI=1S/C38H40ClNO4/c1-40(28-29-12-6-5-7-13-29)25-10-3-2-4-11-26-42-32-22-18-31(19-23-32)38-36(34-14-8-9-15-35(34)44-38)37(41)30-16-20-33(21-17-30)43-27-24-39/h5-9,12-23H,2-4,10-11,24-28H2,1H3. The summed E-state index contributed by atoms with van der Waals surface area (Å²) in [5, 5.41) is 0.790. The zero-order chi connectivity index (χ0) is 30.6. The summed E-state index contributed by atoms with van der Waals surface area (Å²) in [7, 11) is 2.19. The molecule has 0 aliphatic carbocycles. The van der Waals surface area contributed by atoms with Crippen LogP contribution < -0.4 is 9.47 Å². The molecule has 0 saturated heterocycles. The van der Waals surface area contributed by atoms with Crippen LogP contribution in [-0.2, 0) is 6.54 Å². The average molecular weight is 610 g/mol. The van der Waals surface area contributed by atoms with Crippen LogP contribution in [0.1, 0.15) is 53.6 Å². The van der Waals surface area contributed by atoms with Crippen molar-refractivity contribution in [3.63, 3.8) is 0 Å². The molecule has 0 saturated carbocycles. The molecule has 0 unspecified atom stereocenters. The molecule has 228 valence electrons. The molecule has 5 aromatic rings. The van der Waals surface area contributed by atoms with Crippen LogP contribution in [0.3, 0.4) is 0 Å². The van der Waals surface area contributed by atoms with Gasteiger partial charge in [-0.2, -0.15) is 0 Å². The maximum absolute atomic E-state index is 13.7. The van der Waals surface area contributed by atoms with Gasteiger partial charge in [0, 0.05) is 23.1 Å². The predicted octanol–water partition coefficient (Wildman–Crippen LogP) is 9.41. The van der Waals surface area contributed by atoms with Crippen LogP contribution in [-0.4, -0.2) is 43.4 Å². The van der Waals surface area contributed by atoms with E-state index in [1.807, 2.05) is 48.5 Å². The van der Waals surface area contributed by atoms with Crippen LogP contribution in [0.4, 0.5) is 0 Å². The average Bonchev–Trinajstić information content (AvgIpc) is 3.45. The van der Waals surface area contributed by atoms with Crippen LogP contribution in [0.25, 0.3) is 22.3 Å². The van der Waals surface area contributed by atoms with Crippen molar-refractivity contribution in [2.75, 3.05) is 32.7 Å². The molecule has 0 aliphatic heterocycles. The summed E-state index contributed by atoms with van der Waals surface area (Å²) in [4.78, 5) is 16.1. The highest BCUT2D eigenvalue weighted by Crippen LogP contribution is 2.36. The Labute approximate surface area is 265 Å². The molecule has 44 heavy (non-hydrogen) atoms. The highest BCUT2D eigenvalue weighted by Gasteiger charge is 2.23. The minimum absolute atomic E-state index is 0.1000. The molecule has 6 heteroatoms. The smallest absolute Gasteiger partial charge is 0.197 e. The molecule has 1 heterocycles. The van der Waals surface area contributed by atoms with Crippen LogP contribution >= 0.6 is 11.6 Å². The first-order chi connectivity index (χ1) is 21.6. The Morgan fingerprint density at radius 2 is 1.36 bits per heavy atom. The third-order valence-corrected chi connectivity index (χ3v) is 7.80. The lowest BCUT2D eigenvalue weighted by Gasteiger charge is -2.16. The van der Waals surface area contributed by atoms with Gasteiger partial charge in [-0.15, -0.1) is 11.6 Å². The van der Waals surface area contributed by atoms with E-state index in [9.17, 15) is 4.79 Å². The molecule has 0 atom stereocenters. The first kappa shape index (κ1) is 31.4. The van der Waals surface area contributed by atoms with Gasteiger partial charge in [0.15, 0.2) is 5.78 Å². The molecular formula is C38H40ClNO4. The number of halogens is 1. The second-order valence-electron chi connectivity index (χ2n) is 11.1. The van der Waals surface area contributed by atoms with Crippen molar-refractivity contribution >= 4 is 28.4 Å². The normalized spacial score (nSPS) is 11.2. The highest BCUT2D eigenvalue weighted by atomic mass is 35.5. The molecule has 5 nitrogen and oxygen atoms in total. The first-order valence-corrected chi connectivity index (χ1v) is 16.0. The Balaban J connectivity index is 1.12. The number of ether oxygens (including phenoxy) is 2. The Morgan fingerprint density at radius 1 is 0.727 bits per heavy atom. The van der Waals surface area contributed by atoms with Gasteiger partial charge in [0.25, 0.3) is 0 Å². The Bertz CT molecular complexity index is 1600. The molecule has 0 bridgehead atoms. The summed E-state index contributed by atoms with van der Waals surface area (Å²) >= 11 is 5.72. The van der Waals surface area contributed by atoms with Gasteiger partial charge in [-0.05, 0) is 86.6 Å². The highest BCUT2D eigenvalue weighted by molar-refractivity contribution is 6.19. The molecule has 0 N–H and O–H groups in total. The van der Waals surface area contributed by atoms with Gasteiger partial charge in [0.1, 0.15) is 29.4 Å². The zero-order valence-electron chi connectivity index (χ0n) is 25.3. The maximum atomic E-state index is 13.7. The van der Waals surface area contributed by atoms with Crippen molar-refractivity contribution in [2.24, 2.45) is 0 Å². The van der Waals surface area contributed by atoms with E-state index in [0.717, 1.165) is 42.6 Å². The Morgan fingerprint density at radius 3 is 2.11 bits per heavy atom. The van der Waals surface area contributed by atoms with E-state index >= 15 is 0 Å². The molecule has 0 spiro atoms. The lowest BCUT2D eigenvalue weighted by molar-refractivity contribution is 0.104. The fourth-order valence-electron chi connectivity index (χ4n) is 5.36. The van der Waals surface area contributed by atoms with Gasteiger partial charge in [-0.25, -0.2) is 0 Å². The van der Waals surface area contributed by atoms with E-state index in [0.29, 0.717) is 47.3 Å². The van der Waals surface area contributed by atoms with Crippen molar-refractivity contribution < 1.29 is 18.7 Å². The van der Waals surface area contributed by atoms with Crippen molar-refractivity contribution in [1.82, 2.24) is 4.90 Å². The maximum Gasteiger partial charge on any atom is 0.197 e. The van der Waals surface area contributed by atoms with E-state index in [-0.39, 0.29) is 5.78 Å². The molecule has 0 aliphatic rings. The van der Waals surface area contributed by atoms with Gasteiger partial charge in [-0.1, -0.05) is 67.8 Å². The molecule has 1 aromatic heterocycles. The monoisotopic (exact) mass is 609 g/mol. The van der Waals surface area contributed by atoms with E-state index in [4.69, 9.17) is 25.5 Å². The number of alkyl halides is 1. The fraction of sp³-hybridized carbons (Fsp3) is 0.289. The minimum Gasteiger partial charge on any atom is -0.494 e. The summed E-state index contributed by atoms with van der Waals surface area (Å²) in [6, 6.07) is 33.2. The van der Waals surface area contributed by atoms with E-state index in [1.165, 1.54) is 24.8 Å². The number of fused-ring (bicyclic) bond motifs is 1. The van der Waals surface area contributed by atoms with Gasteiger partial charge >= 0.3 is 0 Å². The topological polar surface area (TPSA) is 51.9 Å². The third-order valence-electron chi connectivity index (χ3n) is 7.65. The quantitative estimate of drug-likeness (QED) is 0.0597. The number of ketones is 1.